The Kier molecular flexibility index (Phi) is 5.80. The number of para-hydroxylation sites is 1. The molecule has 0 saturated heterocycles. The van der Waals surface area contributed by atoms with E-state index in [4.69, 9.17) is 5.73 Å². The van der Waals surface area contributed by atoms with Crippen molar-refractivity contribution in [1.82, 2.24) is 15.1 Å². The molecule has 0 spiro atoms. The quantitative estimate of drug-likeness (QED) is 0.902. The Labute approximate surface area is 142 Å². The summed E-state index contributed by atoms with van der Waals surface area (Å²) in [6.07, 6.45) is 8.52. The number of aromatic nitrogens is 2. The number of carbonyl (C=O) groups excluding carboxylic acids is 1. The van der Waals surface area contributed by atoms with Crippen molar-refractivity contribution in [1.29, 1.82) is 0 Å². The fraction of sp³-hybridized carbons (Fsp3) is 0.412. The Hall–Kier alpha value is -1.85. The second-order valence-corrected chi connectivity index (χ2v) is 6.03. The zero-order valence-electron chi connectivity index (χ0n) is 13.1. The second kappa shape index (κ2) is 7.62. The highest BCUT2D eigenvalue weighted by molar-refractivity contribution is 5.86. The van der Waals surface area contributed by atoms with Crippen LogP contribution in [0.25, 0.3) is 5.69 Å². The van der Waals surface area contributed by atoms with Crippen LogP contribution in [0.1, 0.15) is 37.7 Å². The van der Waals surface area contributed by atoms with Crippen LogP contribution in [-0.4, -0.2) is 21.2 Å². The van der Waals surface area contributed by atoms with Crippen molar-refractivity contribution in [3.63, 3.8) is 0 Å². The molecule has 1 saturated carbocycles. The number of hydrogen-bond donors (Lipinski definition) is 2. The lowest BCUT2D eigenvalue weighted by Crippen LogP contribution is -2.54. The van der Waals surface area contributed by atoms with E-state index < -0.39 is 5.54 Å². The van der Waals surface area contributed by atoms with Crippen molar-refractivity contribution in [2.75, 3.05) is 0 Å². The van der Waals surface area contributed by atoms with Crippen molar-refractivity contribution < 1.29 is 4.79 Å². The van der Waals surface area contributed by atoms with Crippen LogP contribution in [0.5, 0.6) is 0 Å². The highest BCUT2D eigenvalue weighted by atomic mass is 35.5. The molecule has 5 nitrogen and oxygen atoms in total. The molecule has 3 N–H and O–H groups in total. The maximum absolute atomic E-state index is 12.3. The third-order valence-corrected chi connectivity index (χ3v) is 4.31. The number of nitrogens with two attached hydrogens (primary N) is 1. The molecular formula is C17H23ClN4O. The van der Waals surface area contributed by atoms with Crippen LogP contribution in [0.2, 0.25) is 0 Å². The van der Waals surface area contributed by atoms with Crippen LogP contribution in [0.3, 0.4) is 0 Å². The van der Waals surface area contributed by atoms with Crippen LogP contribution in [0.15, 0.2) is 42.7 Å². The average molecular weight is 335 g/mol. The standard InChI is InChI=1S/C17H22N4O.ClH/c18-17(9-5-2-6-10-17)16(22)19-11-14-12-20-21(13-14)15-7-3-1-4-8-15;/h1,3-4,7-8,12-13H,2,5-6,9-11,18H2,(H,19,22);1H. The third kappa shape index (κ3) is 4.12. The van der Waals surface area contributed by atoms with Crippen LogP contribution in [0, 0.1) is 0 Å². The van der Waals surface area contributed by atoms with E-state index in [0.717, 1.165) is 36.9 Å². The van der Waals surface area contributed by atoms with E-state index in [9.17, 15) is 4.79 Å². The molecular weight excluding hydrogens is 312 g/mol. The van der Waals surface area contributed by atoms with Crippen LogP contribution in [-0.2, 0) is 11.3 Å². The van der Waals surface area contributed by atoms with Crippen molar-refractivity contribution in [2.24, 2.45) is 5.73 Å². The van der Waals surface area contributed by atoms with Crippen molar-refractivity contribution in [2.45, 2.75) is 44.2 Å². The van der Waals surface area contributed by atoms with Crippen molar-refractivity contribution >= 4 is 18.3 Å². The van der Waals surface area contributed by atoms with Gasteiger partial charge in [0.1, 0.15) is 0 Å². The van der Waals surface area contributed by atoms with Crippen molar-refractivity contribution in [3.05, 3.63) is 48.3 Å². The Morgan fingerprint density at radius 3 is 2.61 bits per heavy atom. The molecule has 23 heavy (non-hydrogen) atoms. The molecule has 0 unspecified atom stereocenters. The Bertz CT molecular complexity index is 635. The number of halogens is 1. The van der Waals surface area contributed by atoms with Gasteiger partial charge in [0.2, 0.25) is 5.91 Å². The highest BCUT2D eigenvalue weighted by Gasteiger charge is 2.34. The number of benzene rings is 1. The van der Waals surface area contributed by atoms with E-state index in [2.05, 4.69) is 10.4 Å². The monoisotopic (exact) mass is 334 g/mol. The van der Waals surface area contributed by atoms with Gasteiger partial charge < -0.3 is 11.1 Å². The van der Waals surface area contributed by atoms with E-state index in [1.165, 1.54) is 6.42 Å². The molecule has 0 aliphatic heterocycles. The van der Waals surface area contributed by atoms with E-state index in [1.54, 1.807) is 10.9 Å². The fourth-order valence-electron chi connectivity index (χ4n) is 2.94. The van der Waals surface area contributed by atoms with Gasteiger partial charge in [-0.2, -0.15) is 5.10 Å². The lowest BCUT2D eigenvalue weighted by atomic mass is 9.82. The number of amides is 1. The predicted octanol–water partition coefficient (Wildman–Crippen LogP) is 2.57. The number of rotatable bonds is 4. The fourth-order valence-corrected chi connectivity index (χ4v) is 2.94. The molecule has 1 heterocycles. The van der Waals surface area contributed by atoms with Crippen LogP contribution >= 0.6 is 12.4 Å². The number of carbonyl (C=O) groups is 1. The molecule has 6 heteroatoms. The van der Waals surface area contributed by atoms with E-state index in [0.29, 0.717) is 6.54 Å². The first-order valence-electron chi connectivity index (χ1n) is 7.84. The van der Waals surface area contributed by atoms with Crippen molar-refractivity contribution in [3.8, 4) is 5.69 Å². The zero-order chi connectivity index (χ0) is 15.4. The first kappa shape index (κ1) is 17.5. The lowest BCUT2D eigenvalue weighted by Gasteiger charge is -2.31. The van der Waals surface area contributed by atoms with Gasteiger partial charge in [-0.05, 0) is 25.0 Å². The predicted molar refractivity (Wildman–Crippen MR) is 92.7 cm³/mol. The maximum Gasteiger partial charge on any atom is 0.240 e. The minimum atomic E-state index is -0.687. The molecule has 1 aromatic heterocycles. The summed E-state index contributed by atoms with van der Waals surface area (Å²) in [7, 11) is 0. The SMILES string of the molecule is Cl.NC1(C(=O)NCc2cnn(-c3ccccc3)c2)CCCCC1. The minimum Gasteiger partial charge on any atom is -0.350 e. The lowest BCUT2D eigenvalue weighted by molar-refractivity contribution is -0.127. The second-order valence-electron chi connectivity index (χ2n) is 6.03. The third-order valence-electron chi connectivity index (χ3n) is 4.31. The summed E-state index contributed by atoms with van der Waals surface area (Å²) in [6.45, 7) is 0.463. The van der Waals surface area contributed by atoms with Crippen LogP contribution in [0.4, 0.5) is 0 Å². The Morgan fingerprint density at radius 2 is 1.91 bits per heavy atom. The van der Waals surface area contributed by atoms with Crippen LogP contribution < -0.4 is 11.1 Å². The highest BCUT2D eigenvalue weighted by Crippen LogP contribution is 2.26. The van der Waals surface area contributed by atoms with E-state index in [-0.39, 0.29) is 18.3 Å². The first-order chi connectivity index (χ1) is 10.7. The van der Waals surface area contributed by atoms with Gasteiger partial charge in [-0.25, -0.2) is 4.68 Å². The topological polar surface area (TPSA) is 72.9 Å². The van der Waals surface area contributed by atoms with Gasteiger partial charge >= 0.3 is 0 Å². The van der Waals surface area contributed by atoms with Gasteiger partial charge in [0.15, 0.2) is 0 Å². The molecule has 1 aliphatic carbocycles. The molecule has 0 radical (unpaired) electrons. The van der Waals surface area contributed by atoms with E-state index >= 15 is 0 Å². The molecule has 0 bridgehead atoms. The molecule has 1 amide bonds. The number of hydrogen-bond acceptors (Lipinski definition) is 3. The summed E-state index contributed by atoms with van der Waals surface area (Å²) < 4.78 is 1.81. The summed E-state index contributed by atoms with van der Waals surface area (Å²) >= 11 is 0. The summed E-state index contributed by atoms with van der Waals surface area (Å²) in [5.41, 5.74) is 7.51. The summed E-state index contributed by atoms with van der Waals surface area (Å²) in [4.78, 5) is 12.3. The van der Waals surface area contributed by atoms with Gasteiger partial charge in [0.05, 0.1) is 17.4 Å². The van der Waals surface area contributed by atoms with Gasteiger partial charge in [0.25, 0.3) is 0 Å². The Balaban J connectivity index is 0.00000192. The molecule has 0 atom stereocenters. The zero-order valence-corrected chi connectivity index (χ0v) is 13.9. The minimum absolute atomic E-state index is 0. The first-order valence-corrected chi connectivity index (χ1v) is 7.84. The van der Waals surface area contributed by atoms with Gasteiger partial charge in [-0.3, -0.25) is 4.79 Å². The molecule has 1 aromatic carbocycles. The maximum atomic E-state index is 12.3. The number of nitrogens with one attached hydrogen (secondary N) is 1. The van der Waals surface area contributed by atoms with E-state index in [1.807, 2.05) is 36.5 Å². The van der Waals surface area contributed by atoms with Gasteiger partial charge in [-0.15, -0.1) is 12.4 Å². The molecule has 124 valence electrons. The molecule has 1 fully saturated rings. The molecule has 2 aromatic rings. The average Bonchev–Trinajstić information content (AvgIpc) is 3.03. The molecule has 3 rings (SSSR count). The van der Waals surface area contributed by atoms with Gasteiger partial charge in [-0.1, -0.05) is 37.5 Å². The number of nitrogens with zero attached hydrogens (tertiary/aromatic N) is 2. The summed E-state index contributed by atoms with van der Waals surface area (Å²) in [5, 5.41) is 7.29. The van der Waals surface area contributed by atoms with Gasteiger partial charge in [0, 0.05) is 18.3 Å². The summed E-state index contributed by atoms with van der Waals surface area (Å²) in [6, 6.07) is 9.90. The Morgan fingerprint density at radius 1 is 1.22 bits per heavy atom. The normalized spacial score (nSPS) is 16.4. The molecule has 1 aliphatic rings. The summed E-state index contributed by atoms with van der Waals surface area (Å²) in [5.74, 6) is -0.0420. The smallest absolute Gasteiger partial charge is 0.240 e. The largest absolute Gasteiger partial charge is 0.350 e.